The number of halogens is 1. The number of hydrogen-bond acceptors (Lipinski definition) is 4. The topological polar surface area (TPSA) is 69.0 Å². The molecule has 3 rings (SSSR count). The lowest BCUT2D eigenvalue weighted by Gasteiger charge is -2.10. The minimum atomic E-state index is -0.352. The van der Waals surface area contributed by atoms with E-state index < -0.39 is 0 Å². The average molecular weight is 321 g/mol. The summed E-state index contributed by atoms with van der Waals surface area (Å²) < 4.78 is 7.03. The highest BCUT2D eigenvalue weighted by Gasteiger charge is 2.23. The fourth-order valence-electron chi connectivity index (χ4n) is 2.44. The molecule has 6 nitrogen and oxygen atoms in total. The summed E-state index contributed by atoms with van der Waals surface area (Å²) in [5.74, 6) is 0.531. The molecule has 22 heavy (non-hydrogen) atoms. The molecule has 3 heterocycles. The van der Waals surface area contributed by atoms with Crippen LogP contribution in [0.2, 0.25) is 5.02 Å². The van der Waals surface area contributed by atoms with E-state index in [1.54, 1.807) is 23.0 Å². The van der Waals surface area contributed by atoms with E-state index in [1.165, 1.54) is 0 Å². The molecule has 7 heteroatoms. The quantitative estimate of drug-likeness (QED) is 0.944. The molecule has 1 fully saturated rings. The number of anilines is 1. The third-order valence-electron chi connectivity index (χ3n) is 3.66. The molecule has 2 aromatic heterocycles. The van der Waals surface area contributed by atoms with Crippen LogP contribution in [0.3, 0.4) is 0 Å². The van der Waals surface area contributed by atoms with E-state index in [1.807, 2.05) is 13.8 Å². The number of amides is 1. The first-order valence-electron chi connectivity index (χ1n) is 7.17. The Bertz CT molecular complexity index is 690. The van der Waals surface area contributed by atoms with Gasteiger partial charge in [-0.1, -0.05) is 11.6 Å². The first-order valence-corrected chi connectivity index (χ1v) is 7.54. The number of pyridine rings is 1. The van der Waals surface area contributed by atoms with E-state index >= 15 is 0 Å². The lowest BCUT2D eigenvalue weighted by Crippen LogP contribution is -2.26. The van der Waals surface area contributed by atoms with Crippen molar-refractivity contribution in [3.8, 4) is 5.82 Å². The smallest absolute Gasteiger partial charge is 0.253 e. The summed E-state index contributed by atoms with van der Waals surface area (Å²) in [6.07, 6.45) is 2.94. The predicted molar refractivity (Wildman–Crippen MR) is 83.4 cm³/mol. The molecule has 0 radical (unpaired) electrons. The summed E-state index contributed by atoms with van der Waals surface area (Å²) in [6.45, 7) is 4.38. The Hall–Kier alpha value is -1.92. The van der Waals surface area contributed by atoms with E-state index in [-0.39, 0.29) is 12.0 Å². The molecule has 0 bridgehead atoms. The molecule has 0 aromatic carbocycles. The van der Waals surface area contributed by atoms with Crippen LogP contribution < -0.4 is 5.32 Å². The van der Waals surface area contributed by atoms with Gasteiger partial charge in [-0.05, 0) is 38.8 Å². The Morgan fingerprint density at radius 1 is 1.45 bits per heavy atom. The third-order valence-corrected chi connectivity index (χ3v) is 4.20. The van der Waals surface area contributed by atoms with Crippen LogP contribution in [0.15, 0.2) is 18.3 Å². The van der Waals surface area contributed by atoms with Crippen molar-refractivity contribution in [3.63, 3.8) is 0 Å². The lowest BCUT2D eigenvalue weighted by molar-refractivity contribution is -0.124. The number of hydrogen-bond donors (Lipinski definition) is 1. The van der Waals surface area contributed by atoms with Crippen LogP contribution in [0.5, 0.6) is 0 Å². The van der Waals surface area contributed by atoms with Crippen LogP contribution >= 0.6 is 11.6 Å². The number of carbonyl (C=O) groups is 1. The molecule has 1 aliphatic rings. The second-order valence-corrected chi connectivity index (χ2v) is 5.67. The van der Waals surface area contributed by atoms with Gasteiger partial charge in [-0.3, -0.25) is 4.79 Å². The van der Waals surface area contributed by atoms with Crippen molar-refractivity contribution in [2.75, 3.05) is 11.9 Å². The van der Waals surface area contributed by atoms with Crippen LogP contribution in [0, 0.1) is 13.8 Å². The summed E-state index contributed by atoms with van der Waals surface area (Å²) >= 11 is 6.14. The van der Waals surface area contributed by atoms with Gasteiger partial charge in [0, 0.05) is 6.61 Å². The molecule has 0 unspecified atom stereocenters. The Morgan fingerprint density at radius 3 is 2.82 bits per heavy atom. The van der Waals surface area contributed by atoms with Crippen LogP contribution in [0.4, 0.5) is 5.69 Å². The summed E-state index contributed by atoms with van der Waals surface area (Å²) in [6, 6.07) is 3.58. The highest BCUT2D eigenvalue weighted by molar-refractivity contribution is 6.31. The van der Waals surface area contributed by atoms with E-state index in [2.05, 4.69) is 15.4 Å². The monoisotopic (exact) mass is 320 g/mol. The van der Waals surface area contributed by atoms with Gasteiger partial charge in [-0.25, -0.2) is 9.67 Å². The van der Waals surface area contributed by atoms with Gasteiger partial charge in [-0.2, -0.15) is 5.10 Å². The van der Waals surface area contributed by atoms with E-state index in [0.29, 0.717) is 23.1 Å². The molecule has 1 aliphatic heterocycles. The van der Waals surface area contributed by atoms with Crippen molar-refractivity contribution in [1.29, 1.82) is 0 Å². The van der Waals surface area contributed by atoms with Crippen molar-refractivity contribution in [2.45, 2.75) is 32.8 Å². The van der Waals surface area contributed by atoms with Gasteiger partial charge in [-0.15, -0.1) is 0 Å². The fraction of sp³-hybridized carbons (Fsp3) is 0.400. The van der Waals surface area contributed by atoms with Crippen LogP contribution in [0.1, 0.15) is 24.2 Å². The van der Waals surface area contributed by atoms with Gasteiger partial charge in [0.1, 0.15) is 6.10 Å². The van der Waals surface area contributed by atoms with Gasteiger partial charge in [0.2, 0.25) is 0 Å². The number of nitrogens with one attached hydrogen (secondary N) is 1. The summed E-state index contributed by atoms with van der Waals surface area (Å²) in [5, 5.41) is 7.80. The highest BCUT2D eigenvalue weighted by atomic mass is 35.5. The minimum Gasteiger partial charge on any atom is -0.368 e. The van der Waals surface area contributed by atoms with E-state index in [4.69, 9.17) is 16.3 Å². The third kappa shape index (κ3) is 2.84. The first-order chi connectivity index (χ1) is 10.6. The van der Waals surface area contributed by atoms with Crippen LogP contribution in [-0.2, 0) is 9.53 Å². The minimum absolute atomic E-state index is 0.124. The van der Waals surface area contributed by atoms with Crippen molar-refractivity contribution in [1.82, 2.24) is 14.8 Å². The molecule has 1 saturated heterocycles. The molecule has 0 spiro atoms. The number of aryl methyl sites for hydroxylation is 1. The number of ether oxygens (including phenoxy) is 1. The molecular formula is C15H17ClN4O2. The molecule has 116 valence electrons. The van der Waals surface area contributed by atoms with Crippen LogP contribution in [-0.4, -0.2) is 33.4 Å². The molecule has 1 atom stereocenters. The standard InChI is InChI=1S/C15H17ClN4O2/c1-9-14(16)10(2)20(19-9)13-6-5-11(8-17-13)18-15(21)12-4-3-7-22-12/h5-6,8,12H,3-4,7H2,1-2H3,(H,18,21)/t12-/m0/s1. The Balaban J connectivity index is 1.75. The maximum Gasteiger partial charge on any atom is 0.253 e. The summed E-state index contributed by atoms with van der Waals surface area (Å²) in [7, 11) is 0. The van der Waals surface area contributed by atoms with E-state index in [9.17, 15) is 4.79 Å². The zero-order chi connectivity index (χ0) is 15.7. The molecule has 1 N–H and O–H groups in total. The predicted octanol–water partition coefficient (Wildman–Crippen LogP) is 2.66. The number of aromatic nitrogens is 3. The lowest BCUT2D eigenvalue weighted by atomic mass is 10.2. The fourth-order valence-corrected chi connectivity index (χ4v) is 2.56. The molecular weight excluding hydrogens is 304 g/mol. The first kappa shape index (κ1) is 15.0. The van der Waals surface area contributed by atoms with E-state index in [0.717, 1.165) is 24.2 Å². The van der Waals surface area contributed by atoms with Gasteiger partial charge in [0.05, 0.1) is 28.3 Å². The van der Waals surface area contributed by atoms with Gasteiger partial charge < -0.3 is 10.1 Å². The van der Waals surface area contributed by atoms with Crippen molar-refractivity contribution >= 4 is 23.2 Å². The van der Waals surface area contributed by atoms with Crippen LogP contribution in [0.25, 0.3) is 5.82 Å². The average Bonchev–Trinajstić information content (AvgIpc) is 3.13. The molecule has 0 aliphatic carbocycles. The van der Waals surface area contributed by atoms with Gasteiger partial charge in [0.25, 0.3) is 5.91 Å². The number of carbonyl (C=O) groups excluding carboxylic acids is 1. The zero-order valence-corrected chi connectivity index (χ0v) is 13.2. The Kier molecular flexibility index (Phi) is 4.13. The largest absolute Gasteiger partial charge is 0.368 e. The van der Waals surface area contributed by atoms with Crippen molar-refractivity contribution in [3.05, 3.63) is 34.7 Å². The second kappa shape index (κ2) is 6.06. The summed E-state index contributed by atoms with van der Waals surface area (Å²) in [5.41, 5.74) is 2.23. The SMILES string of the molecule is Cc1nn(-c2ccc(NC(=O)[C@@H]3CCCO3)cn2)c(C)c1Cl. The Labute approximate surface area is 133 Å². The molecule has 0 saturated carbocycles. The maximum atomic E-state index is 12.0. The van der Waals surface area contributed by atoms with Gasteiger partial charge >= 0.3 is 0 Å². The Morgan fingerprint density at radius 2 is 2.27 bits per heavy atom. The normalized spacial score (nSPS) is 17.7. The number of nitrogens with zero attached hydrogens (tertiary/aromatic N) is 3. The summed E-state index contributed by atoms with van der Waals surface area (Å²) in [4.78, 5) is 16.3. The maximum absolute atomic E-state index is 12.0. The highest BCUT2D eigenvalue weighted by Crippen LogP contribution is 2.22. The van der Waals surface area contributed by atoms with Crippen molar-refractivity contribution in [2.24, 2.45) is 0 Å². The zero-order valence-electron chi connectivity index (χ0n) is 12.5. The van der Waals surface area contributed by atoms with Gasteiger partial charge in [0.15, 0.2) is 5.82 Å². The molecule has 2 aromatic rings. The molecule has 1 amide bonds. The second-order valence-electron chi connectivity index (χ2n) is 5.29. The van der Waals surface area contributed by atoms with Crippen molar-refractivity contribution < 1.29 is 9.53 Å². The number of rotatable bonds is 3.